The third-order valence-corrected chi connectivity index (χ3v) is 4.19. The Kier molecular flexibility index (Phi) is 6.17. The molecule has 0 aliphatic rings. The lowest BCUT2D eigenvalue weighted by atomic mass is 10.1. The molecule has 0 aliphatic heterocycles. The topological polar surface area (TPSA) is 75.6 Å². The van der Waals surface area contributed by atoms with E-state index in [-0.39, 0.29) is 18.7 Å². The van der Waals surface area contributed by atoms with Gasteiger partial charge in [0, 0.05) is 4.88 Å². The lowest BCUT2D eigenvalue weighted by Gasteiger charge is -2.15. The predicted octanol–water partition coefficient (Wildman–Crippen LogP) is 3.02. The minimum atomic E-state index is -0.940. The Morgan fingerprint density at radius 3 is 2.57 bits per heavy atom. The van der Waals surface area contributed by atoms with Crippen LogP contribution in [0.25, 0.3) is 0 Å². The molecule has 0 radical (unpaired) electrons. The Labute approximate surface area is 138 Å². The number of carboxylic acid groups (broad SMARTS) is 1. The number of hydrogen-bond acceptors (Lipinski definition) is 4. The molecule has 0 spiro atoms. The van der Waals surface area contributed by atoms with Crippen LogP contribution in [0.15, 0.2) is 41.8 Å². The van der Waals surface area contributed by atoms with Crippen LogP contribution in [0.1, 0.15) is 29.8 Å². The summed E-state index contributed by atoms with van der Waals surface area (Å²) in [5.74, 6) is -0.377. The minimum absolute atomic E-state index is 0.129. The molecule has 0 saturated heterocycles. The summed E-state index contributed by atoms with van der Waals surface area (Å²) in [7, 11) is 0. The molecule has 1 aromatic heterocycles. The second-order valence-electron chi connectivity index (χ2n) is 4.99. The van der Waals surface area contributed by atoms with Gasteiger partial charge in [-0.15, -0.1) is 11.3 Å². The number of rotatable bonds is 8. The second kappa shape index (κ2) is 8.33. The van der Waals surface area contributed by atoms with Gasteiger partial charge in [0.05, 0.1) is 25.5 Å². The van der Waals surface area contributed by atoms with Gasteiger partial charge in [-0.25, -0.2) is 0 Å². The van der Waals surface area contributed by atoms with Crippen molar-refractivity contribution in [3.05, 3.63) is 52.2 Å². The highest BCUT2D eigenvalue weighted by atomic mass is 32.1. The van der Waals surface area contributed by atoms with Crippen LogP contribution in [0.4, 0.5) is 0 Å². The normalized spacial score (nSPS) is 11.7. The SMILES string of the molecule is CCOc1ccc(CC(=O)N[C@H](CC(=O)O)c2cccs2)cc1. The fourth-order valence-corrected chi connectivity index (χ4v) is 2.97. The van der Waals surface area contributed by atoms with Crippen molar-refractivity contribution < 1.29 is 19.4 Å². The molecule has 5 nitrogen and oxygen atoms in total. The number of carbonyl (C=O) groups excluding carboxylic acids is 1. The van der Waals surface area contributed by atoms with Crippen LogP contribution < -0.4 is 10.1 Å². The van der Waals surface area contributed by atoms with Gasteiger partial charge in [-0.3, -0.25) is 9.59 Å². The van der Waals surface area contributed by atoms with E-state index in [0.29, 0.717) is 6.61 Å². The van der Waals surface area contributed by atoms with Crippen molar-refractivity contribution in [2.75, 3.05) is 6.61 Å². The van der Waals surface area contributed by atoms with Crippen molar-refractivity contribution in [2.45, 2.75) is 25.8 Å². The first-order chi connectivity index (χ1) is 11.1. The van der Waals surface area contributed by atoms with E-state index in [0.717, 1.165) is 16.2 Å². The number of hydrogen-bond donors (Lipinski definition) is 2. The maximum atomic E-state index is 12.2. The zero-order chi connectivity index (χ0) is 16.7. The molecule has 1 atom stereocenters. The van der Waals surface area contributed by atoms with Crippen molar-refractivity contribution in [1.82, 2.24) is 5.32 Å². The molecule has 23 heavy (non-hydrogen) atoms. The van der Waals surface area contributed by atoms with E-state index in [1.807, 2.05) is 48.7 Å². The van der Waals surface area contributed by atoms with E-state index in [9.17, 15) is 9.59 Å². The summed E-state index contributed by atoms with van der Waals surface area (Å²) in [6, 6.07) is 10.5. The van der Waals surface area contributed by atoms with Crippen molar-refractivity contribution >= 4 is 23.2 Å². The van der Waals surface area contributed by atoms with Crippen LogP contribution in [0.3, 0.4) is 0 Å². The first-order valence-corrected chi connectivity index (χ1v) is 8.22. The summed E-state index contributed by atoms with van der Waals surface area (Å²) in [6.07, 6.45) is 0.0728. The van der Waals surface area contributed by atoms with Crippen molar-refractivity contribution in [3.63, 3.8) is 0 Å². The molecular formula is C17H19NO4S. The summed E-state index contributed by atoms with van der Waals surface area (Å²) >= 11 is 1.43. The highest BCUT2D eigenvalue weighted by molar-refractivity contribution is 7.10. The third kappa shape index (κ3) is 5.41. The first kappa shape index (κ1) is 17.0. The van der Waals surface area contributed by atoms with E-state index in [1.54, 1.807) is 0 Å². The minimum Gasteiger partial charge on any atom is -0.494 e. The van der Waals surface area contributed by atoms with E-state index < -0.39 is 12.0 Å². The van der Waals surface area contributed by atoms with Crippen molar-refractivity contribution in [2.24, 2.45) is 0 Å². The number of amides is 1. The van der Waals surface area contributed by atoms with Crippen molar-refractivity contribution in [3.8, 4) is 5.75 Å². The molecule has 0 saturated carbocycles. The number of carbonyl (C=O) groups is 2. The monoisotopic (exact) mass is 333 g/mol. The van der Waals surface area contributed by atoms with Crippen LogP contribution in [-0.2, 0) is 16.0 Å². The molecule has 0 bridgehead atoms. The quantitative estimate of drug-likeness (QED) is 0.778. The second-order valence-corrected chi connectivity index (χ2v) is 5.97. The summed E-state index contributed by atoms with van der Waals surface area (Å²) in [5, 5.41) is 13.7. The molecule has 0 fully saturated rings. The zero-order valence-electron chi connectivity index (χ0n) is 12.8. The number of carboxylic acids is 1. The summed E-state index contributed by atoms with van der Waals surface area (Å²) < 4.78 is 5.36. The Morgan fingerprint density at radius 2 is 2.00 bits per heavy atom. The number of benzene rings is 1. The van der Waals surface area contributed by atoms with Crippen LogP contribution in [0, 0.1) is 0 Å². The molecule has 0 aliphatic carbocycles. The van der Waals surface area contributed by atoms with Crippen LogP contribution in [0.2, 0.25) is 0 Å². The number of nitrogens with one attached hydrogen (secondary N) is 1. The first-order valence-electron chi connectivity index (χ1n) is 7.34. The highest BCUT2D eigenvalue weighted by Crippen LogP contribution is 2.22. The van der Waals surface area contributed by atoms with Gasteiger partial charge in [0.1, 0.15) is 5.75 Å². The molecule has 2 rings (SSSR count). The van der Waals surface area contributed by atoms with Gasteiger partial charge < -0.3 is 15.2 Å². The number of ether oxygens (including phenoxy) is 1. The van der Waals surface area contributed by atoms with Crippen LogP contribution in [0.5, 0.6) is 5.75 Å². The van der Waals surface area contributed by atoms with Gasteiger partial charge >= 0.3 is 5.97 Å². The van der Waals surface area contributed by atoms with Crippen LogP contribution in [-0.4, -0.2) is 23.6 Å². The fraction of sp³-hybridized carbons (Fsp3) is 0.294. The maximum Gasteiger partial charge on any atom is 0.305 e. The van der Waals surface area contributed by atoms with E-state index in [4.69, 9.17) is 9.84 Å². The fourth-order valence-electron chi connectivity index (χ4n) is 2.19. The molecule has 2 aromatic rings. The Hall–Kier alpha value is -2.34. The number of thiophene rings is 1. The molecule has 0 unspecified atom stereocenters. The molecule has 1 heterocycles. The van der Waals surface area contributed by atoms with Gasteiger partial charge in [-0.2, -0.15) is 0 Å². The molecule has 2 N–H and O–H groups in total. The third-order valence-electron chi connectivity index (χ3n) is 3.20. The van der Waals surface area contributed by atoms with Gasteiger partial charge in [-0.1, -0.05) is 18.2 Å². The number of aliphatic carboxylic acids is 1. The Bertz CT molecular complexity index is 637. The Balaban J connectivity index is 1.97. The predicted molar refractivity (Wildman–Crippen MR) is 88.8 cm³/mol. The average molecular weight is 333 g/mol. The van der Waals surface area contributed by atoms with Gasteiger partial charge in [0.15, 0.2) is 0 Å². The lowest BCUT2D eigenvalue weighted by molar-refractivity contribution is -0.137. The molecule has 122 valence electrons. The summed E-state index contributed by atoms with van der Waals surface area (Å²) in [6.45, 7) is 2.51. The Morgan fingerprint density at radius 1 is 1.26 bits per heavy atom. The lowest BCUT2D eigenvalue weighted by Crippen LogP contribution is -2.30. The molecular weight excluding hydrogens is 314 g/mol. The van der Waals surface area contributed by atoms with E-state index in [1.165, 1.54) is 11.3 Å². The van der Waals surface area contributed by atoms with Crippen LogP contribution >= 0.6 is 11.3 Å². The van der Waals surface area contributed by atoms with Gasteiger partial charge in [0.25, 0.3) is 0 Å². The largest absolute Gasteiger partial charge is 0.494 e. The van der Waals surface area contributed by atoms with Gasteiger partial charge in [-0.05, 0) is 36.1 Å². The standard InChI is InChI=1S/C17H19NO4S/c1-2-22-13-7-5-12(6-8-13)10-16(19)18-14(11-17(20)21)15-4-3-9-23-15/h3-9,14H,2,10-11H2,1H3,(H,18,19)(H,20,21)/t14-/m1/s1. The molecule has 1 amide bonds. The zero-order valence-corrected chi connectivity index (χ0v) is 13.6. The van der Waals surface area contributed by atoms with Crippen molar-refractivity contribution in [1.29, 1.82) is 0 Å². The van der Waals surface area contributed by atoms with Gasteiger partial charge in [0.2, 0.25) is 5.91 Å². The smallest absolute Gasteiger partial charge is 0.305 e. The summed E-state index contributed by atoms with van der Waals surface area (Å²) in [4.78, 5) is 24.0. The molecule has 1 aromatic carbocycles. The van der Waals surface area contributed by atoms with E-state index in [2.05, 4.69) is 5.32 Å². The van der Waals surface area contributed by atoms with E-state index >= 15 is 0 Å². The average Bonchev–Trinajstić information content (AvgIpc) is 3.02. The molecule has 6 heteroatoms. The maximum absolute atomic E-state index is 12.2. The highest BCUT2D eigenvalue weighted by Gasteiger charge is 2.19. The summed E-state index contributed by atoms with van der Waals surface area (Å²) in [5.41, 5.74) is 0.853.